The molecular formula is C25H33Cl2N3O5S. The van der Waals surface area contributed by atoms with E-state index in [-0.39, 0.29) is 18.5 Å². The first kappa shape index (κ1) is 29.7. The molecule has 2 aromatic carbocycles. The lowest BCUT2D eigenvalue weighted by Crippen LogP contribution is -2.53. The molecule has 2 aromatic rings. The molecule has 0 fully saturated rings. The number of rotatable bonds is 12. The molecule has 0 heterocycles. The highest BCUT2D eigenvalue weighted by atomic mass is 35.5. The number of amides is 2. The number of anilines is 1. The van der Waals surface area contributed by atoms with Crippen molar-refractivity contribution >= 4 is 50.7 Å². The molecule has 1 unspecified atom stereocenters. The van der Waals surface area contributed by atoms with Gasteiger partial charge < -0.3 is 15.0 Å². The van der Waals surface area contributed by atoms with Crippen LogP contribution in [-0.2, 0) is 26.2 Å². The van der Waals surface area contributed by atoms with E-state index < -0.39 is 28.5 Å². The number of hydrogen-bond donors (Lipinski definition) is 1. The fraction of sp³-hybridized carbons (Fsp3) is 0.440. The molecule has 11 heteroatoms. The van der Waals surface area contributed by atoms with Crippen LogP contribution in [0.25, 0.3) is 0 Å². The van der Waals surface area contributed by atoms with Crippen molar-refractivity contribution in [2.75, 3.05) is 23.7 Å². The van der Waals surface area contributed by atoms with Crippen molar-refractivity contribution in [1.29, 1.82) is 0 Å². The van der Waals surface area contributed by atoms with E-state index in [1.54, 1.807) is 49.4 Å². The van der Waals surface area contributed by atoms with Crippen LogP contribution in [0.3, 0.4) is 0 Å². The molecule has 0 spiro atoms. The molecule has 0 aliphatic heterocycles. The molecule has 2 amide bonds. The topological polar surface area (TPSA) is 96.0 Å². The summed E-state index contributed by atoms with van der Waals surface area (Å²) in [5, 5.41) is 3.51. The number of nitrogens with zero attached hydrogens (tertiary/aromatic N) is 2. The summed E-state index contributed by atoms with van der Waals surface area (Å²) in [5.41, 5.74) is 0.765. The Morgan fingerprint density at radius 2 is 1.61 bits per heavy atom. The summed E-state index contributed by atoms with van der Waals surface area (Å²) >= 11 is 12.7. The van der Waals surface area contributed by atoms with Crippen molar-refractivity contribution in [1.82, 2.24) is 10.2 Å². The highest BCUT2D eigenvalue weighted by Crippen LogP contribution is 2.28. The SMILES string of the molecule is CCOc1ccc(N(CC(=O)N(Cc2c(Cl)cccc2Cl)C(CC)C(=O)NC(C)C)S(C)(=O)=O)cc1. The molecule has 8 nitrogen and oxygen atoms in total. The maximum atomic E-state index is 13.7. The second kappa shape index (κ2) is 13.2. The van der Waals surface area contributed by atoms with Gasteiger partial charge in [-0.3, -0.25) is 13.9 Å². The average Bonchev–Trinajstić information content (AvgIpc) is 2.78. The number of hydrogen-bond acceptors (Lipinski definition) is 5. The molecule has 198 valence electrons. The maximum Gasteiger partial charge on any atom is 0.244 e. The molecule has 0 aliphatic carbocycles. The first-order valence-corrected chi connectivity index (χ1v) is 14.2. The van der Waals surface area contributed by atoms with Crippen molar-refractivity contribution in [2.45, 2.75) is 52.7 Å². The van der Waals surface area contributed by atoms with Gasteiger partial charge in [0.25, 0.3) is 0 Å². The number of carbonyl (C=O) groups is 2. The molecule has 1 atom stereocenters. The summed E-state index contributed by atoms with van der Waals surface area (Å²) in [4.78, 5) is 28.0. The van der Waals surface area contributed by atoms with E-state index in [4.69, 9.17) is 27.9 Å². The van der Waals surface area contributed by atoms with E-state index in [0.29, 0.717) is 40.1 Å². The highest BCUT2D eigenvalue weighted by molar-refractivity contribution is 7.92. The Kier molecular flexibility index (Phi) is 10.9. The lowest BCUT2D eigenvalue weighted by Gasteiger charge is -2.33. The lowest BCUT2D eigenvalue weighted by molar-refractivity contribution is -0.140. The van der Waals surface area contributed by atoms with Crippen LogP contribution in [0.15, 0.2) is 42.5 Å². The van der Waals surface area contributed by atoms with Crippen LogP contribution in [0.1, 0.15) is 39.7 Å². The fourth-order valence-electron chi connectivity index (χ4n) is 3.64. The van der Waals surface area contributed by atoms with E-state index >= 15 is 0 Å². The molecule has 2 rings (SSSR count). The van der Waals surface area contributed by atoms with Crippen LogP contribution in [0, 0.1) is 0 Å². The van der Waals surface area contributed by atoms with Gasteiger partial charge in [-0.2, -0.15) is 0 Å². The predicted octanol–water partition coefficient (Wildman–Crippen LogP) is 4.49. The molecule has 0 aromatic heterocycles. The van der Waals surface area contributed by atoms with Gasteiger partial charge in [0.2, 0.25) is 21.8 Å². The summed E-state index contributed by atoms with van der Waals surface area (Å²) < 4.78 is 31.8. The Balaban J connectivity index is 2.48. The zero-order valence-electron chi connectivity index (χ0n) is 21.1. The van der Waals surface area contributed by atoms with Gasteiger partial charge in [0.15, 0.2) is 0 Å². The van der Waals surface area contributed by atoms with Crippen molar-refractivity contribution in [3.63, 3.8) is 0 Å². The molecule has 0 bridgehead atoms. The standard InChI is InChI=1S/C25H33Cl2N3O5S/c1-6-23(25(32)28-17(3)4)29(15-20-21(26)9-8-10-22(20)27)24(31)16-30(36(5,33)34)18-11-13-19(14-12-18)35-7-2/h8-14,17,23H,6-7,15-16H2,1-5H3,(H,28,32). The minimum absolute atomic E-state index is 0.0672. The third-order valence-electron chi connectivity index (χ3n) is 5.32. The lowest BCUT2D eigenvalue weighted by atomic mass is 10.1. The van der Waals surface area contributed by atoms with Gasteiger partial charge in [0.05, 0.1) is 18.6 Å². The minimum atomic E-state index is -3.84. The Morgan fingerprint density at radius 3 is 2.08 bits per heavy atom. The molecule has 1 N–H and O–H groups in total. The van der Waals surface area contributed by atoms with Gasteiger partial charge in [-0.25, -0.2) is 8.42 Å². The first-order valence-electron chi connectivity index (χ1n) is 11.6. The second-order valence-corrected chi connectivity index (χ2v) is 11.2. The van der Waals surface area contributed by atoms with Gasteiger partial charge in [0, 0.05) is 28.2 Å². The van der Waals surface area contributed by atoms with Crippen molar-refractivity contribution in [2.24, 2.45) is 0 Å². The van der Waals surface area contributed by atoms with Crippen LogP contribution in [0.5, 0.6) is 5.75 Å². The number of ether oxygens (including phenoxy) is 1. The number of carbonyl (C=O) groups excluding carboxylic acids is 2. The molecule has 36 heavy (non-hydrogen) atoms. The summed E-state index contributed by atoms with van der Waals surface area (Å²) in [6.45, 7) is 7.14. The average molecular weight is 559 g/mol. The smallest absolute Gasteiger partial charge is 0.244 e. The zero-order valence-corrected chi connectivity index (χ0v) is 23.5. The Labute approximate surface area is 223 Å². The monoisotopic (exact) mass is 557 g/mol. The molecule has 0 saturated heterocycles. The Morgan fingerprint density at radius 1 is 1.03 bits per heavy atom. The van der Waals surface area contributed by atoms with Gasteiger partial charge in [-0.05, 0) is 63.6 Å². The third-order valence-corrected chi connectivity index (χ3v) is 7.17. The fourth-order valence-corrected chi connectivity index (χ4v) is 5.01. The summed E-state index contributed by atoms with van der Waals surface area (Å²) in [6.07, 6.45) is 1.32. The summed E-state index contributed by atoms with van der Waals surface area (Å²) in [7, 11) is -3.84. The van der Waals surface area contributed by atoms with E-state index in [0.717, 1.165) is 10.6 Å². The molecule has 0 saturated carbocycles. The van der Waals surface area contributed by atoms with E-state index in [1.165, 1.54) is 4.90 Å². The second-order valence-electron chi connectivity index (χ2n) is 8.51. The van der Waals surface area contributed by atoms with Crippen LogP contribution < -0.4 is 14.4 Å². The van der Waals surface area contributed by atoms with E-state index in [9.17, 15) is 18.0 Å². The van der Waals surface area contributed by atoms with Crippen LogP contribution in [-0.4, -0.2) is 56.6 Å². The number of nitrogens with one attached hydrogen (secondary N) is 1. The quantitative estimate of drug-likeness (QED) is 0.414. The summed E-state index contributed by atoms with van der Waals surface area (Å²) in [6, 6.07) is 10.3. The van der Waals surface area contributed by atoms with Crippen LogP contribution >= 0.6 is 23.2 Å². The summed E-state index contributed by atoms with van der Waals surface area (Å²) in [5.74, 6) is -0.348. The Bertz CT molecular complexity index is 1140. The first-order chi connectivity index (χ1) is 16.9. The van der Waals surface area contributed by atoms with E-state index in [1.807, 2.05) is 20.8 Å². The third kappa shape index (κ3) is 8.01. The van der Waals surface area contributed by atoms with Gasteiger partial charge in [-0.15, -0.1) is 0 Å². The van der Waals surface area contributed by atoms with Crippen molar-refractivity contribution in [3.8, 4) is 5.75 Å². The van der Waals surface area contributed by atoms with E-state index in [2.05, 4.69) is 5.32 Å². The van der Waals surface area contributed by atoms with Gasteiger partial charge in [0.1, 0.15) is 18.3 Å². The Hall–Kier alpha value is -2.49. The zero-order chi connectivity index (χ0) is 27.0. The van der Waals surface area contributed by atoms with Gasteiger partial charge >= 0.3 is 0 Å². The highest BCUT2D eigenvalue weighted by Gasteiger charge is 2.32. The number of halogens is 2. The van der Waals surface area contributed by atoms with Crippen molar-refractivity contribution < 1.29 is 22.7 Å². The normalized spacial score (nSPS) is 12.2. The maximum absolute atomic E-state index is 13.7. The molecular weight excluding hydrogens is 525 g/mol. The van der Waals surface area contributed by atoms with Crippen LogP contribution in [0.2, 0.25) is 10.0 Å². The predicted molar refractivity (Wildman–Crippen MR) is 144 cm³/mol. The largest absolute Gasteiger partial charge is 0.494 e. The van der Waals surface area contributed by atoms with Gasteiger partial charge in [-0.1, -0.05) is 36.2 Å². The van der Waals surface area contributed by atoms with Crippen LogP contribution in [0.4, 0.5) is 5.69 Å². The number of benzene rings is 2. The molecule has 0 aliphatic rings. The minimum Gasteiger partial charge on any atom is -0.494 e. The molecule has 0 radical (unpaired) electrons. The van der Waals surface area contributed by atoms with Crippen molar-refractivity contribution in [3.05, 3.63) is 58.1 Å². The number of sulfonamides is 1.